The number of benzene rings is 2. The Hall–Kier alpha value is -2.08. The van der Waals surface area contributed by atoms with Gasteiger partial charge in [0.15, 0.2) is 0 Å². The van der Waals surface area contributed by atoms with E-state index in [1.165, 1.54) is 12.1 Å². The second-order valence-corrected chi connectivity index (χ2v) is 5.51. The van der Waals surface area contributed by atoms with Gasteiger partial charge in [-0.3, -0.25) is 10.1 Å². The Morgan fingerprint density at radius 1 is 1.24 bits per heavy atom. The summed E-state index contributed by atoms with van der Waals surface area (Å²) >= 11 is 3.24. The highest BCUT2D eigenvalue weighted by atomic mass is 79.9. The average molecular weight is 351 g/mol. The van der Waals surface area contributed by atoms with Gasteiger partial charge < -0.3 is 10.5 Å². The van der Waals surface area contributed by atoms with Crippen molar-refractivity contribution in [2.45, 2.75) is 12.8 Å². The van der Waals surface area contributed by atoms with Crippen molar-refractivity contribution in [3.05, 3.63) is 62.6 Å². The third kappa shape index (κ3) is 4.75. The number of hydrogen-bond acceptors (Lipinski definition) is 4. The fraction of sp³-hybridized carbons (Fsp3) is 0.200. The van der Waals surface area contributed by atoms with E-state index in [1.54, 1.807) is 6.07 Å². The summed E-state index contributed by atoms with van der Waals surface area (Å²) < 4.78 is 6.19. The minimum Gasteiger partial charge on any atom is -0.493 e. The molecule has 0 radical (unpaired) electrons. The fourth-order valence-corrected chi connectivity index (χ4v) is 2.41. The third-order valence-electron chi connectivity index (χ3n) is 2.90. The molecule has 2 aromatic carbocycles. The second-order valence-electron chi connectivity index (χ2n) is 4.60. The first-order chi connectivity index (χ1) is 10.0. The minimum absolute atomic E-state index is 0.00945. The average Bonchev–Trinajstić information content (AvgIpc) is 2.43. The number of nitrogens with zero attached hydrogens (tertiary/aromatic N) is 1. The lowest BCUT2D eigenvalue weighted by Crippen LogP contribution is -2.00. The first kappa shape index (κ1) is 15.3. The molecule has 6 heteroatoms. The molecule has 0 fully saturated rings. The lowest BCUT2D eigenvalue weighted by Gasteiger charge is -2.07. The van der Waals surface area contributed by atoms with E-state index >= 15 is 0 Å². The maximum atomic E-state index is 10.8. The van der Waals surface area contributed by atoms with Gasteiger partial charge in [0.25, 0.3) is 5.69 Å². The van der Waals surface area contributed by atoms with Crippen molar-refractivity contribution in [2.24, 2.45) is 0 Å². The van der Waals surface area contributed by atoms with Gasteiger partial charge in [-0.2, -0.15) is 0 Å². The van der Waals surface area contributed by atoms with Crippen LogP contribution in [0.1, 0.15) is 12.0 Å². The Balaban J connectivity index is 1.87. The molecule has 0 amide bonds. The SMILES string of the molecule is Nc1cccc(CCCOc2cc(Br)cc([N+](=O)[O-])c2)c1. The minimum atomic E-state index is -0.440. The van der Waals surface area contributed by atoms with Crippen LogP contribution in [0, 0.1) is 10.1 Å². The molecule has 0 saturated heterocycles. The lowest BCUT2D eigenvalue weighted by atomic mass is 10.1. The smallest absolute Gasteiger partial charge is 0.274 e. The molecule has 0 atom stereocenters. The van der Waals surface area contributed by atoms with Gasteiger partial charge >= 0.3 is 0 Å². The van der Waals surface area contributed by atoms with Gasteiger partial charge in [-0.1, -0.05) is 28.1 Å². The molecule has 0 aromatic heterocycles. The van der Waals surface area contributed by atoms with Crippen LogP contribution in [-0.4, -0.2) is 11.5 Å². The quantitative estimate of drug-likeness (QED) is 0.370. The standard InChI is InChI=1S/C15H15BrN2O3/c16-12-8-14(18(19)20)10-15(9-12)21-6-2-4-11-3-1-5-13(17)7-11/h1,3,5,7-10H,2,4,6,17H2. The number of nitrogens with two attached hydrogens (primary N) is 1. The lowest BCUT2D eigenvalue weighted by molar-refractivity contribution is -0.385. The predicted octanol–water partition coefficient (Wildman–Crippen LogP) is 3.95. The zero-order valence-electron chi connectivity index (χ0n) is 11.3. The number of nitro benzene ring substituents is 1. The number of rotatable bonds is 6. The molecule has 0 aliphatic carbocycles. The van der Waals surface area contributed by atoms with E-state index in [0.717, 1.165) is 24.1 Å². The number of hydrogen-bond donors (Lipinski definition) is 1. The number of nitro groups is 1. The van der Waals surface area contributed by atoms with E-state index in [1.807, 2.05) is 24.3 Å². The predicted molar refractivity (Wildman–Crippen MR) is 85.5 cm³/mol. The fourth-order valence-electron chi connectivity index (χ4n) is 1.95. The highest BCUT2D eigenvalue weighted by Gasteiger charge is 2.09. The molecule has 0 aliphatic heterocycles. The number of ether oxygens (including phenoxy) is 1. The number of aryl methyl sites for hydroxylation is 1. The highest BCUT2D eigenvalue weighted by Crippen LogP contribution is 2.26. The first-order valence-corrected chi connectivity index (χ1v) is 7.26. The Kier molecular flexibility index (Phi) is 5.16. The highest BCUT2D eigenvalue weighted by molar-refractivity contribution is 9.10. The van der Waals surface area contributed by atoms with Gasteiger partial charge in [-0.05, 0) is 36.6 Å². The van der Waals surface area contributed by atoms with Crippen LogP contribution in [0.5, 0.6) is 5.75 Å². The largest absolute Gasteiger partial charge is 0.493 e. The molecule has 5 nitrogen and oxygen atoms in total. The monoisotopic (exact) mass is 350 g/mol. The first-order valence-electron chi connectivity index (χ1n) is 6.47. The summed E-state index contributed by atoms with van der Waals surface area (Å²) in [5.74, 6) is 0.489. The van der Waals surface area contributed by atoms with Gasteiger partial charge in [0, 0.05) is 16.2 Å². The summed E-state index contributed by atoms with van der Waals surface area (Å²) in [6.07, 6.45) is 1.66. The maximum Gasteiger partial charge on any atom is 0.274 e. The van der Waals surface area contributed by atoms with E-state index in [0.29, 0.717) is 16.8 Å². The van der Waals surface area contributed by atoms with Crippen molar-refractivity contribution in [2.75, 3.05) is 12.3 Å². The summed E-state index contributed by atoms with van der Waals surface area (Å²) in [7, 11) is 0. The summed E-state index contributed by atoms with van der Waals surface area (Å²) in [5.41, 5.74) is 7.62. The number of nitrogen functional groups attached to an aromatic ring is 1. The molecule has 0 aliphatic rings. The number of non-ortho nitro benzene ring substituents is 1. The van der Waals surface area contributed by atoms with Gasteiger partial charge in [0.1, 0.15) is 5.75 Å². The summed E-state index contributed by atoms with van der Waals surface area (Å²) in [6, 6.07) is 12.3. The zero-order chi connectivity index (χ0) is 15.2. The normalized spacial score (nSPS) is 10.3. The van der Waals surface area contributed by atoms with Crippen LogP contribution >= 0.6 is 15.9 Å². The van der Waals surface area contributed by atoms with Crippen LogP contribution in [0.25, 0.3) is 0 Å². The van der Waals surface area contributed by atoms with E-state index in [2.05, 4.69) is 15.9 Å². The van der Waals surface area contributed by atoms with Gasteiger partial charge in [0.05, 0.1) is 17.6 Å². The third-order valence-corrected chi connectivity index (χ3v) is 3.35. The van der Waals surface area contributed by atoms with Crippen LogP contribution in [0.15, 0.2) is 46.9 Å². The summed E-state index contributed by atoms with van der Waals surface area (Å²) in [4.78, 5) is 10.3. The molecule has 2 aromatic rings. The molecule has 0 heterocycles. The Morgan fingerprint density at radius 2 is 2.05 bits per heavy atom. The van der Waals surface area contributed by atoms with Crippen LogP contribution in [0.3, 0.4) is 0 Å². The van der Waals surface area contributed by atoms with Gasteiger partial charge in [-0.25, -0.2) is 0 Å². The van der Waals surface area contributed by atoms with Crippen molar-refractivity contribution in [1.29, 1.82) is 0 Å². The van der Waals surface area contributed by atoms with Gasteiger partial charge in [0.2, 0.25) is 0 Å². The maximum absolute atomic E-state index is 10.8. The molecule has 0 saturated carbocycles. The molecular weight excluding hydrogens is 336 g/mol. The summed E-state index contributed by atoms with van der Waals surface area (Å²) in [6.45, 7) is 0.488. The molecule has 0 spiro atoms. The van der Waals surface area contributed by atoms with Crippen molar-refractivity contribution in [3.8, 4) is 5.75 Å². The van der Waals surface area contributed by atoms with E-state index < -0.39 is 4.92 Å². The van der Waals surface area contributed by atoms with Crippen molar-refractivity contribution >= 4 is 27.3 Å². The molecule has 2 N–H and O–H groups in total. The zero-order valence-corrected chi connectivity index (χ0v) is 12.9. The molecular formula is C15H15BrN2O3. The van der Waals surface area contributed by atoms with Crippen molar-refractivity contribution < 1.29 is 9.66 Å². The van der Waals surface area contributed by atoms with E-state index in [-0.39, 0.29) is 5.69 Å². The summed E-state index contributed by atoms with van der Waals surface area (Å²) in [5, 5.41) is 10.8. The topological polar surface area (TPSA) is 78.4 Å². The number of anilines is 1. The second kappa shape index (κ2) is 7.08. The van der Waals surface area contributed by atoms with Crippen LogP contribution in [0.2, 0.25) is 0 Å². The van der Waals surface area contributed by atoms with Gasteiger partial charge in [-0.15, -0.1) is 0 Å². The van der Waals surface area contributed by atoms with Crippen molar-refractivity contribution in [1.82, 2.24) is 0 Å². The van der Waals surface area contributed by atoms with E-state index in [4.69, 9.17) is 10.5 Å². The Morgan fingerprint density at radius 3 is 2.76 bits per heavy atom. The molecule has 0 unspecified atom stereocenters. The Labute approximate surface area is 131 Å². The molecule has 2 rings (SSSR count). The Bertz CT molecular complexity index is 647. The molecule has 110 valence electrons. The molecule has 0 bridgehead atoms. The number of halogens is 1. The van der Waals surface area contributed by atoms with E-state index in [9.17, 15) is 10.1 Å². The van der Waals surface area contributed by atoms with Crippen LogP contribution in [0.4, 0.5) is 11.4 Å². The molecule has 21 heavy (non-hydrogen) atoms. The van der Waals surface area contributed by atoms with Crippen LogP contribution < -0.4 is 10.5 Å². The van der Waals surface area contributed by atoms with Crippen LogP contribution in [-0.2, 0) is 6.42 Å². The van der Waals surface area contributed by atoms with Crippen molar-refractivity contribution in [3.63, 3.8) is 0 Å².